The highest BCUT2D eigenvalue weighted by Gasteiger charge is 2.16. The maximum Gasteiger partial charge on any atom is 0.335 e. The first-order chi connectivity index (χ1) is 8.65. The molecule has 2 heterocycles. The van der Waals surface area contributed by atoms with Crippen LogP contribution in [0.25, 0.3) is 22.4 Å². The number of carboxylic acids is 1. The lowest BCUT2D eigenvalue weighted by molar-refractivity contribution is 0.0697. The summed E-state index contributed by atoms with van der Waals surface area (Å²) in [5.41, 5.74) is 2.22. The molecule has 1 N–H and O–H groups in total. The van der Waals surface area contributed by atoms with Crippen LogP contribution in [-0.2, 0) is 0 Å². The Hall–Kier alpha value is -2.63. The van der Waals surface area contributed by atoms with Crippen LogP contribution < -0.4 is 0 Å². The van der Waals surface area contributed by atoms with Crippen molar-refractivity contribution in [2.45, 2.75) is 6.92 Å². The van der Waals surface area contributed by atoms with E-state index in [0.29, 0.717) is 28.2 Å². The largest absolute Gasteiger partial charge is 0.478 e. The smallest absolute Gasteiger partial charge is 0.335 e. The monoisotopic (exact) mass is 244 g/mol. The highest BCUT2D eigenvalue weighted by Crippen LogP contribution is 2.29. The van der Waals surface area contributed by atoms with Crippen molar-refractivity contribution in [3.63, 3.8) is 0 Å². The minimum absolute atomic E-state index is 0.122. The van der Waals surface area contributed by atoms with Crippen molar-refractivity contribution in [2.75, 3.05) is 0 Å². The molecule has 2 aromatic heterocycles. The summed E-state index contributed by atoms with van der Waals surface area (Å²) in [6.45, 7) is 1.70. The summed E-state index contributed by atoms with van der Waals surface area (Å²) < 4.78 is 10.1. The van der Waals surface area contributed by atoms with E-state index in [-0.39, 0.29) is 5.56 Å². The summed E-state index contributed by atoms with van der Waals surface area (Å²) in [4.78, 5) is 15.3. The van der Waals surface area contributed by atoms with Gasteiger partial charge in [0.2, 0.25) is 0 Å². The Bertz CT molecular complexity index is 728. The lowest BCUT2D eigenvalue weighted by atomic mass is 10.1. The van der Waals surface area contributed by atoms with Crippen LogP contribution in [0.5, 0.6) is 0 Å². The molecular formula is C12H8N2O4. The first-order valence-electron chi connectivity index (χ1n) is 5.20. The van der Waals surface area contributed by atoms with Gasteiger partial charge >= 0.3 is 5.97 Å². The molecule has 0 aliphatic carbocycles. The fourth-order valence-corrected chi connectivity index (χ4v) is 1.81. The van der Waals surface area contributed by atoms with Crippen LogP contribution in [0.1, 0.15) is 16.2 Å². The minimum Gasteiger partial charge on any atom is -0.478 e. The highest BCUT2D eigenvalue weighted by atomic mass is 16.5. The number of aryl methyl sites for hydroxylation is 1. The van der Waals surface area contributed by atoms with Crippen molar-refractivity contribution < 1.29 is 18.8 Å². The Balaban J connectivity index is 2.36. The zero-order valence-corrected chi connectivity index (χ0v) is 9.38. The average molecular weight is 244 g/mol. The number of nitrogens with zero attached hydrogens (tertiary/aromatic N) is 2. The van der Waals surface area contributed by atoms with Crippen LogP contribution in [0.15, 0.2) is 33.4 Å². The number of hydrogen-bond acceptors (Lipinski definition) is 5. The second kappa shape index (κ2) is 3.69. The van der Waals surface area contributed by atoms with Gasteiger partial charge in [-0.25, -0.2) is 9.78 Å². The molecular weight excluding hydrogens is 236 g/mol. The van der Waals surface area contributed by atoms with E-state index in [2.05, 4.69) is 10.1 Å². The number of rotatable bonds is 2. The van der Waals surface area contributed by atoms with E-state index in [1.165, 1.54) is 18.4 Å². The van der Waals surface area contributed by atoms with Gasteiger partial charge in [0.25, 0.3) is 0 Å². The van der Waals surface area contributed by atoms with Gasteiger partial charge in [-0.2, -0.15) is 0 Å². The molecule has 6 nitrogen and oxygen atoms in total. The molecule has 0 bridgehead atoms. The third-order valence-corrected chi connectivity index (χ3v) is 2.56. The normalized spacial score (nSPS) is 10.9. The maximum atomic E-state index is 11.1. The molecule has 3 aromatic rings. The van der Waals surface area contributed by atoms with Crippen LogP contribution in [0.2, 0.25) is 0 Å². The van der Waals surface area contributed by atoms with Gasteiger partial charge in [0, 0.05) is 18.6 Å². The van der Waals surface area contributed by atoms with Gasteiger partial charge in [-0.1, -0.05) is 5.16 Å². The van der Waals surface area contributed by atoms with E-state index in [0.717, 1.165) is 0 Å². The molecule has 6 heteroatoms. The molecule has 0 atom stereocenters. The van der Waals surface area contributed by atoms with E-state index in [1.54, 1.807) is 13.0 Å². The van der Waals surface area contributed by atoms with Crippen LogP contribution >= 0.6 is 0 Å². The van der Waals surface area contributed by atoms with Crippen LogP contribution in [0.3, 0.4) is 0 Å². The first-order valence-corrected chi connectivity index (χ1v) is 5.20. The van der Waals surface area contributed by atoms with Crippen molar-refractivity contribution >= 4 is 17.1 Å². The second-order valence-corrected chi connectivity index (χ2v) is 3.79. The molecule has 1 aromatic carbocycles. The summed E-state index contributed by atoms with van der Waals surface area (Å²) in [7, 11) is 0. The maximum absolute atomic E-state index is 11.1. The van der Waals surface area contributed by atoms with Crippen molar-refractivity contribution in [1.82, 2.24) is 10.1 Å². The molecule has 0 aliphatic heterocycles. The van der Waals surface area contributed by atoms with E-state index >= 15 is 0 Å². The molecule has 0 spiro atoms. The molecule has 0 saturated carbocycles. The zero-order chi connectivity index (χ0) is 12.7. The van der Waals surface area contributed by atoms with Crippen LogP contribution in [0, 0.1) is 6.92 Å². The average Bonchev–Trinajstić information content (AvgIpc) is 2.94. The summed E-state index contributed by atoms with van der Waals surface area (Å²) in [5, 5.41) is 12.9. The molecule has 0 fully saturated rings. The first kappa shape index (κ1) is 10.5. The number of oxazole rings is 1. The molecule has 18 heavy (non-hydrogen) atoms. The van der Waals surface area contributed by atoms with Gasteiger partial charge in [-0.05, 0) is 12.1 Å². The number of fused-ring (bicyclic) bond motifs is 1. The third-order valence-electron chi connectivity index (χ3n) is 2.56. The second-order valence-electron chi connectivity index (χ2n) is 3.79. The summed E-state index contributed by atoms with van der Waals surface area (Å²) in [6.07, 6.45) is 1.42. The lowest BCUT2D eigenvalue weighted by Crippen LogP contribution is -1.96. The quantitative estimate of drug-likeness (QED) is 0.744. The van der Waals surface area contributed by atoms with E-state index < -0.39 is 5.97 Å². The predicted molar refractivity (Wildman–Crippen MR) is 61.2 cm³/mol. The summed E-state index contributed by atoms with van der Waals surface area (Å²) in [6, 6.07) is 4.59. The van der Waals surface area contributed by atoms with Gasteiger partial charge < -0.3 is 14.0 Å². The standard InChI is InChI=1S/C12H8N2O4/c1-6-13-11-8(9-2-3-17-14-9)4-7(12(15)16)5-10(11)18-6/h2-5H,1H3,(H,15,16). The van der Waals surface area contributed by atoms with Crippen LogP contribution in [-0.4, -0.2) is 21.2 Å². The van der Waals surface area contributed by atoms with Crippen molar-refractivity contribution in [2.24, 2.45) is 0 Å². The van der Waals surface area contributed by atoms with E-state index in [1.807, 2.05) is 0 Å². The fraction of sp³-hybridized carbons (Fsp3) is 0.0833. The minimum atomic E-state index is -1.03. The summed E-state index contributed by atoms with van der Waals surface area (Å²) in [5.74, 6) is -0.562. The van der Waals surface area contributed by atoms with Gasteiger partial charge in [0.15, 0.2) is 11.5 Å². The third kappa shape index (κ3) is 1.55. The van der Waals surface area contributed by atoms with Gasteiger partial charge in [0.05, 0.1) is 5.56 Å². The zero-order valence-electron chi connectivity index (χ0n) is 9.38. The molecule has 90 valence electrons. The highest BCUT2D eigenvalue weighted by molar-refractivity contribution is 5.98. The van der Waals surface area contributed by atoms with Crippen molar-refractivity contribution in [1.29, 1.82) is 0 Å². The number of aromatic nitrogens is 2. The number of benzene rings is 1. The summed E-state index contributed by atoms with van der Waals surface area (Å²) >= 11 is 0. The molecule has 0 amide bonds. The fourth-order valence-electron chi connectivity index (χ4n) is 1.81. The topological polar surface area (TPSA) is 89.4 Å². The number of aromatic carboxylic acids is 1. The van der Waals surface area contributed by atoms with Gasteiger partial charge in [-0.15, -0.1) is 0 Å². The number of carbonyl (C=O) groups is 1. The molecule has 0 radical (unpaired) electrons. The SMILES string of the molecule is Cc1nc2c(-c3ccon3)cc(C(=O)O)cc2o1. The van der Waals surface area contributed by atoms with Gasteiger partial charge in [0.1, 0.15) is 17.5 Å². The number of hydrogen-bond donors (Lipinski definition) is 1. The number of carboxylic acid groups (broad SMARTS) is 1. The van der Waals surface area contributed by atoms with Crippen molar-refractivity contribution in [3.05, 3.63) is 35.9 Å². The van der Waals surface area contributed by atoms with Crippen molar-refractivity contribution in [3.8, 4) is 11.3 Å². The van der Waals surface area contributed by atoms with E-state index in [9.17, 15) is 4.79 Å². The Kier molecular flexibility index (Phi) is 2.16. The Morgan fingerprint density at radius 1 is 1.39 bits per heavy atom. The molecule has 0 saturated heterocycles. The Morgan fingerprint density at radius 2 is 2.22 bits per heavy atom. The Morgan fingerprint density at radius 3 is 2.89 bits per heavy atom. The molecule has 3 rings (SSSR count). The predicted octanol–water partition coefficient (Wildman–Crippen LogP) is 2.49. The Labute approximate surface area is 101 Å². The van der Waals surface area contributed by atoms with E-state index in [4.69, 9.17) is 14.0 Å². The molecule has 0 unspecified atom stereocenters. The van der Waals surface area contributed by atoms with Gasteiger partial charge in [-0.3, -0.25) is 0 Å². The van der Waals surface area contributed by atoms with Crippen LogP contribution in [0.4, 0.5) is 0 Å². The lowest BCUT2D eigenvalue weighted by Gasteiger charge is -1.99. The molecule has 0 aliphatic rings.